The Bertz CT molecular complexity index is 1130. The van der Waals surface area contributed by atoms with E-state index in [2.05, 4.69) is 5.10 Å². The molecule has 148 valence electrons. The molecule has 1 heterocycles. The first-order valence-electron chi connectivity index (χ1n) is 7.85. The van der Waals surface area contributed by atoms with Gasteiger partial charge in [-0.1, -0.05) is 12.1 Å². The predicted octanol–water partition coefficient (Wildman–Crippen LogP) is 1.71. The fourth-order valence-electron chi connectivity index (χ4n) is 2.27. The van der Waals surface area contributed by atoms with Crippen LogP contribution in [0.5, 0.6) is 0 Å². The first-order chi connectivity index (χ1) is 13.0. The highest BCUT2D eigenvalue weighted by molar-refractivity contribution is 7.85. The Morgan fingerprint density at radius 1 is 1.14 bits per heavy atom. The summed E-state index contributed by atoms with van der Waals surface area (Å²) in [5.74, 6) is -0.825. The summed E-state index contributed by atoms with van der Waals surface area (Å²) in [7, 11) is 1.16. The number of benzene rings is 2. The molecule has 0 spiro atoms. The van der Waals surface area contributed by atoms with E-state index in [0.717, 1.165) is 10.7 Å². The lowest BCUT2D eigenvalue weighted by Crippen LogP contribution is -2.17. The van der Waals surface area contributed by atoms with E-state index in [0.29, 0.717) is 5.39 Å². The van der Waals surface area contributed by atoms with Gasteiger partial charge in [0.05, 0.1) is 27.1 Å². The monoisotopic (exact) mass is 405 g/mol. The molecule has 28 heavy (non-hydrogen) atoms. The fraction of sp³-hybridized carbons (Fsp3) is 0.176. The molecule has 2 aromatic carbocycles. The smallest absolute Gasteiger partial charge is 0.280 e. The molecule has 3 aromatic rings. The molecule has 0 bridgehead atoms. The second-order valence-corrected chi connectivity index (χ2v) is 7.50. The largest absolute Gasteiger partial charge is 0.744 e. The molecule has 0 aliphatic carbocycles. The van der Waals surface area contributed by atoms with Crippen molar-refractivity contribution in [3.63, 3.8) is 0 Å². The summed E-state index contributed by atoms with van der Waals surface area (Å²) in [6, 6.07) is 8.74. The topological polar surface area (TPSA) is 138 Å². The predicted molar refractivity (Wildman–Crippen MR) is 100 cm³/mol. The molecule has 3 rings (SSSR count). The standard InChI is InChI=1S/C14H9N3O6S.C3H9N/c18-14(11-3-1-2-4-13(11)24(21,22)23)16-12-6-5-10(17(19)20)7-9(12)8-15-16;1-4(2)3/h1-8H,(H,21,22,23);1-3H3/p-1. The van der Waals surface area contributed by atoms with Crippen molar-refractivity contribution in [1.82, 2.24) is 14.7 Å². The number of rotatable bonds is 3. The van der Waals surface area contributed by atoms with Crippen LogP contribution in [0, 0.1) is 10.1 Å². The number of fused-ring (bicyclic) bond motifs is 1. The Hall–Kier alpha value is -3.15. The van der Waals surface area contributed by atoms with Crippen LogP contribution in [-0.4, -0.2) is 59.6 Å². The molecule has 0 radical (unpaired) electrons. The van der Waals surface area contributed by atoms with Crippen molar-refractivity contribution in [1.29, 1.82) is 0 Å². The lowest BCUT2D eigenvalue weighted by molar-refractivity contribution is -0.384. The van der Waals surface area contributed by atoms with Gasteiger partial charge in [0.1, 0.15) is 10.1 Å². The summed E-state index contributed by atoms with van der Waals surface area (Å²) < 4.78 is 34.8. The van der Waals surface area contributed by atoms with E-state index in [1.54, 1.807) is 0 Å². The van der Waals surface area contributed by atoms with Gasteiger partial charge in [0.15, 0.2) is 0 Å². The van der Waals surface area contributed by atoms with Crippen LogP contribution >= 0.6 is 0 Å². The van der Waals surface area contributed by atoms with Gasteiger partial charge in [-0.2, -0.15) is 9.78 Å². The molecule has 0 saturated heterocycles. The Balaban J connectivity index is 0.000000640. The maximum Gasteiger partial charge on any atom is 0.280 e. The molecule has 0 unspecified atom stereocenters. The van der Waals surface area contributed by atoms with Gasteiger partial charge < -0.3 is 9.45 Å². The van der Waals surface area contributed by atoms with Gasteiger partial charge in [0.25, 0.3) is 11.6 Å². The van der Waals surface area contributed by atoms with Crippen molar-refractivity contribution in [2.75, 3.05) is 21.1 Å². The van der Waals surface area contributed by atoms with Gasteiger partial charge in [-0.25, -0.2) is 8.42 Å². The number of nitrogens with zero attached hydrogens (tertiary/aromatic N) is 4. The van der Waals surface area contributed by atoms with Gasteiger partial charge in [-0.3, -0.25) is 14.9 Å². The van der Waals surface area contributed by atoms with Crippen LogP contribution in [0.4, 0.5) is 5.69 Å². The average molecular weight is 405 g/mol. The summed E-state index contributed by atoms with van der Waals surface area (Å²) >= 11 is 0. The highest BCUT2D eigenvalue weighted by Gasteiger charge is 2.20. The molecule has 0 atom stereocenters. The van der Waals surface area contributed by atoms with Crippen LogP contribution in [-0.2, 0) is 10.1 Å². The molecule has 0 amide bonds. The minimum absolute atomic E-state index is 0.169. The van der Waals surface area contributed by atoms with Crippen LogP contribution in [0.3, 0.4) is 0 Å². The fourth-order valence-corrected chi connectivity index (χ4v) is 2.94. The maximum atomic E-state index is 12.6. The van der Waals surface area contributed by atoms with E-state index in [9.17, 15) is 27.9 Å². The number of carbonyl (C=O) groups excluding carboxylic acids is 1. The number of carbonyl (C=O) groups is 1. The van der Waals surface area contributed by atoms with Crippen molar-refractivity contribution in [3.8, 4) is 0 Å². The SMILES string of the molecule is CN(C)C.O=C(c1ccccc1S(=O)(=O)[O-])n1ncc2cc([N+](=O)[O-])ccc21. The Morgan fingerprint density at radius 3 is 2.32 bits per heavy atom. The van der Waals surface area contributed by atoms with Crippen molar-refractivity contribution in [3.05, 3.63) is 64.3 Å². The van der Waals surface area contributed by atoms with E-state index in [-0.39, 0.29) is 16.8 Å². The number of hydrogen-bond acceptors (Lipinski definition) is 8. The quantitative estimate of drug-likeness (QED) is 0.365. The van der Waals surface area contributed by atoms with Crippen molar-refractivity contribution >= 4 is 32.6 Å². The van der Waals surface area contributed by atoms with Crippen LogP contribution in [0.15, 0.2) is 53.6 Å². The second kappa shape index (κ2) is 8.25. The summed E-state index contributed by atoms with van der Waals surface area (Å²) in [6.45, 7) is 0. The van der Waals surface area contributed by atoms with Crippen LogP contribution in [0.2, 0.25) is 0 Å². The Morgan fingerprint density at radius 2 is 1.75 bits per heavy atom. The average Bonchev–Trinajstić information content (AvgIpc) is 3.03. The lowest BCUT2D eigenvalue weighted by Gasteiger charge is -2.12. The zero-order valence-electron chi connectivity index (χ0n) is 15.3. The Labute approximate surface area is 160 Å². The third-order valence-electron chi connectivity index (χ3n) is 3.34. The first-order valence-corrected chi connectivity index (χ1v) is 9.26. The zero-order chi connectivity index (χ0) is 21.1. The highest BCUT2D eigenvalue weighted by Crippen LogP contribution is 2.23. The van der Waals surface area contributed by atoms with Gasteiger partial charge >= 0.3 is 0 Å². The van der Waals surface area contributed by atoms with E-state index < -0.39 is 25.8 Å². The van der Waals surface area contributed by atoms with E-state index in [1.165, 1.54) is 42.6 Å². The van der Waals surface area contributed by atoms with Crippen LogP contribution < -0.4 is 0 Å². The van der Waals surface area contributed by atoms with Gasteiger partial charge in [0.2, 0.25) is 0 Å². The molecular formula is C17H17N4O6S-. The molecule has 10 nitrogen and oxygen atoms in total. The lowest BCUT2D eigenvalue weighted by atomic mass is 10.2. The summed E-state index contributed by atoms with van der Waals surface area (Å²) in [5.41, 5.74) is -0.239. The minimum Gasteiger partial charge on any atom is -0.744 e. The molecule has 0 fully saturated rings. The number of nitro groups is 1. The van der Waals surface area contributed by atoms with Crippen molar-refractivity contribution in [2.45, 2.75) is 4.90 Å². The molecular weight excluding hydrogens is 388 g/mol. The number of hydrogen-bond donors (Lipinski definition) is 0. The van der Waals surface area contributed by atoms with Crippen molar-refractivity contribution in [2.24, 2.45) is 0 Å². The summed E-state index contributed by atoms with van der Waals surface area (Å²) in [4.78, 5) is 24.1. The van der Waals surface area contributed by atoms with Crippen LogP contribution in [0.1, 0.15) is 10.4 Å². The molecule has 0 saturated carbocycles. The van der Waals surface area contributed by atoms with Crippen LogP contribution in [0.25, 0.3) is 10.9 Å². The molecule has 0 aliphatic rings. The number of non-ortho nitro benzene ring substituents is 1. The molecule has 1 aromatic heterocycles. The molecule has 11 heteroatoms. The summed E-state index contributed by atoms with van der Waals surface area (Å²) in [6.07, 6.45) is 1.24. The van der Waals surface area contributed by atoms with Gasteiger partial charge in [-0.05, 0) is 39.3 Å². The normalized spacial score (nSPS) is 11.2. The summed E-state index contributed by atoms with van der Waals surface area (Å²) in [5, 5.41) is 14.9. The zero-order valence-corrected chi connectivity index (χ0v) is 16.1. The number of nitro benzene ring substituents is 1. The minimum atomic E-state index is -4.84. The highest BCUT2D eigenvalue weighted by atomic mass is 32.2. The third-order valence-corrected chi connectivity index (χ3v) is 4.24. The van der Waals surface area contributed by atoms with Gasteiger partial charge in [-0.15, -0.1) is 0 Å². The molecule has 0 aliphatic heterocycles. The molecule has 0 N–H and O–H groups in total. The number of aromatic nitrogens is 2. The van der Waals surface area contributed by atoms with E-state index in [4.69, 9.17) is 0 Å². The third kappa shape index (κ3) is 4.76. The first kappa shape index (κ1) is 21.2. The van der Waals surface area contributed by atoms with Gasteiger partial charge in [0, 0.05) is 17.5 Å². The van der Waals surface area contributed by atoms with E-state index >= 15 is 0 Å². The Kier molecular flexibility index (Phi) is 6.23. The van der Waals surface area contributed by atoms with Crippen molar-refractivity contribution < 1.29 is 22.7 Å². The maximum absolute atomic E-state index is 12.6. The second-order valence-electron chi connectivity index (χ2n) is 6.15. The van der Waals surface area contributed by atoms with E-state index in [1.807, 2.05) is 26.0 Å².